The molecule has 0 unspecified atom stereocenters. The van der Waals surface area contributed by atoms with Gasteiger partial charge in [0.15, 0.2) is 0 Å². The monoisotopic (exact) mass is 800 g/mol. The summed E-state index contributed by atoms with van der Waals surface area (Å²) in [5, 5.41) is 36.1. The molecule has 1 heterocycles. The minimum Gasteiger partial charge on any atom is -0.505 e. The van der Waals surface area contributed by atoms with Gasteiger partial charge in [-0.3, -0.25) is 20.4 Å². The summed E-state index contributed by atoms with van der Waals surface area (Å²) >= 11 is 0. The van der Waals surface area contributed by atoms with Crippen molar-refractivity contribution >= 4 is 39.5 Å². The number of aromatic hydroxyl groups is 1. The fourth-order valence-electron chi connectivity index (χ4n) is 6.65. The van der Waals surface area contributed by atoms with Crippen molar-refractivity contribution in [2.24, 2.45) is 11.7 Å². The highest BCUT2D eigenvalue weighted by molar-refractivity contribution is 7.91. The van der Waals surface area contributed by atoms with E-state index < -0.39 is 57.6 Å². The van der Waals surface area contributed by atoms with Gasteiger partial charge in [0, 0.05) is 5.56 Å². The summed E-state index contributed by atoms with van der Waals surface area (Å²) in [6, 6.07) is 26.7. The maximum Gasteiger partial charge on any atom is 0.352 e. The van der Waals surface area contributed by atoms with E-state index >= 15 is 0 Å². The summed E-state index contributed by atoms with van der Waals surface area (Å²) in [6.45, 7) is 2.05. The lowest BCUT2D eigenvalue weighted by Crippen LogP contribution is -2.68. The Balaban J connectivity index is 1.53. The Labute approximate surface area is 331 Å². The average molecular weight is 801 g/mol. The van der Waals surface area contributed by atoms with Gasteiger partial charge in [-0.25, -0.2) is 23.0 Å². The van der Waals surface area contributed by atoms with Crippen molar-refractivity contribution in [1.29, 1.82) is 5.41 Å². The number of nitrogens with one attached hydrogen (secondary N) is 4. The minimum atomic E-state index is -4.02. The molecule has 16 heteroatoms. The molecular formula is C41H48N6O9S. The lowest BCUT2D eigenvalue weighted by atomic mass is 9.83. The van der Waals surface area contributed by atoms with Crippen LogP contribution < -0.4 is 21.2 Å². The first-order chi connectivity index (χ1) is 27.3. The first-order valence-corrected chi connectivity index (χ1v) is 20.1. The number of ether oxygens (including phenoxy) is 2. The molecule has 0 radical (unpaired) electrons. The third-order valence-corrected chi connectivity index (χ3v) is 10.9. The van der Waals surface area contributed by atoms with Crippen molar-refractivity contribution < 1.29 is 42.5 Å². The van der Waals surface area contributed by atoms with Crippen LogP contribution >= 0.6 is 0 Å². The van der Waals surface area contributed by atoms with Gasteiger partial charge in [0.25, 0.3) is 5.60 Å². The fraction of sp³-hybridized carbons (Fsp3) is 0.317. The Morgan fingerprint density at radius 1 is 0.912 bits per heavy atom. The molecule has 5 rings (SSSR count). The Hall–Kier alpha value is -5.97. The maximum absolute atomic E-state index is 14.6. The number of phenolic OH excluding ortho intramolecular Hbond substituents is 1. The van der Waals surface area contributed by atoms with Gasteiger partial charge in [0.05, 0.1) is 17.9 Å². The van der Waals surface area contributed by atoms with Gasteiger partial charge in [-0.05, 0) is 73.5 Å². The van der Waals surface area contributed by atoms with Crippen LogP contribution in [0.1, 0.15) is 47.1 Å². The molecule has 8 N–H and O–H groups in total. The summed E-state index contributed by atoms with van der Waals surface area (Å²) in [5.74, 6) is -5.74. The normalized spacial score (nSPS) is 14.8. The van der Waals surface area contributed by atoms with Crippen molar-refractivity contribution in [3.8, 4) is 5.75 Å². The van der Waals surface area contributed by atoms with Gasteiger partial charge < -0.3 is 30.7 Å². The number of amides is 1. The van der Waals surface area contributed by atoms with Crippen LogP contribution in [0.15, 0.2) is 103 Å². The first kappa shape index (κ1) is 42.2. The van der Waals surface area contributed by atoms with E-state index in [2.05, 4.69) is 15.5 Å². The molecule has 0 aliphatic carbocycles. The molecule has 302 valence electrons. The third-order valence-electron chi connectivity index (χ3n) is 9.62. The lowest BCUT2D eigenvalue weighted by molar-refractivity contribution is -0.196. The van der Waals surface area contributed by atoms with Crippen LogP contribution in [0.3, 0.4) is 0 Å². The zero-order valence-electron chi connectivity index (χ0n) is 31.5. The molecule has 2 atom stereocenters. The van der Waals surface area contributed by atoms with Crippen LogP contribution in [-0.2, 0) is 59.3 Å². The van der Waals surface area contributed by atoms with Crippen molar-refractivity contribution in [3.05, 3.63) is 131 Å². The number of hydrazine groups is 1. The van der Waals surface area contributed by atoms with Crippen LogP contribution in [0, 0.1) is 18.3 Å². The number of benzene rings is 4. The number of anilines is 1. The molecule has 15 nitrogen and oxygen atoms in total. The molecule has 1 saturated heterocycles. The minimum absolute atomic E-state index is 0.00445. The molecule has 1 fully saturated rings. The van der Waals surface area contributed by atoms with E-state index in [0.717, 1.165) is 11.4 Å². The number of piperidine rings is 1. The van der Waals surface area contributed by atoms with Gasteiger partial charge in [-0.2, -0.15) is 0 Å². The predicted molar refractivity (Wildman–Crippen MR) is 213 cm³/mol. The van der Waals surface area contributed by atoms with Gasteiger partial charge in [-0.1, -0.05) is 97.1 Å². The topological polar surface area (TPSA) is 233 Å². The van der Waals surface area contributed by atoms with E-state index in [4.69, 9.17) is 20.6 Å². The van der Waals surface area contributed by atoms with E-state index in [1.807, 2.05) is 0 Å². The van der Waals surface area contributed by atoms with Crippen LogP contribution in [-0.4, -0.2) is 72.2 Å². The number of carbonyl (C=O) groups excluding carboxylic acids is 3. The van der Waals surface area contributed by atoms with Crippen LogP contribution in [0.25, 0.3) is 0 Å². The molecule has 4 aromatic rings. The van der Waals surface area contributed by atoms with Crippen LogP contribution in [0.5, 0.6) is 5.75 Å². The first-order valence-electron chi connectivity index (χ1n) is 18.4. The summed E-state index contributed by atoms with van der Waals surface area (Å²) in [5.41, 5.74) is 6.87. The number of hydrogen-bond acceptors (Lipinski definition) is 11. The number of aliphatic hydroxyl groups is 1. The number of carbonyl (C=O) groups is 3. The number of rotatable bonds is 16. The molecular weight excluding hydrogens is 753 g/mol. The summed E-state index contributed by atoms with van der Waals surface area (Å²) in [7, 11) is -4.02. The van der Waals surface area contributed by atoms with Crippen molar-refractivity contribution in [2.45, 2.75) is 63.2 Å². The molecule has 57 heavy (non-hydrogen) atoms. The Morgan fingerprint density at radius 2 is 1.46 bits per heavy atom. The Morgan fingerprint density at radius 3 is 1.96 bits per heavy atom. The quantitative estimate of drug-likeness (QED) is 0.0216. The molecule has 1 aliphatic heterocycles. The number of nitrogens with zero attached hydrogens (tertiary/aromatic N) is 1. The zero-order chi connectivity index (χ0) is 41.0. The molecule has 0 saturated carbocycles. The van der Waals surface area contributed by atoms with Crippen LogP contribution in [0.4, 0.5) is 5.69 Å². The van der Waals surface area contributed by atoms with E-state index in [1.165, 1.54) is 12.1 Å². The number of hydrogen-bond donors (Lipinski definition) is 7. The van der Waals surface area contributed by atoms with E-state index in [9.17, 15) is 33.0 Å². The molecule has 0 aromatic heterocycles. The summed E-state index contributed by atoms with van der Waals surface area (Å²) in [4.78, 5) is 43.0. The van der Waals surface area contributed by atoms with Gasteiger partial charge in [-0.15, -0.1) is 0 Å². The smallest absolute Gasteiger partial charge is 0.352 e. The van der Waals surface area contributed by atoms with E-state index in [0.29, 0.717) is 41.8 Å². The largest absolute Gasteiger partial charge is 0.505 e. The third kappa shape index (κ3) is 11.3. The number of phenols is 1. The SMILES string of the molecule is Cc1ccc(NS(=O)(=O)Cc2ccccc2)c(O)c1CC(=O)N(NC(=N)N)[C@@H](C[C@H]1CCCNC1)C(O)(C(=O)OCc1ccccc1)C(=O)OCc1ccccc1. The highest BCUT2D eigenvalue weighted by Crippen LogP contribution is 2.34. The molecule has 0 bridgehead atoms. The highest BCUT2D eigenvalue weighted by atomic mass is 32.2. The van der Waals surface area contributed by atoms with Gasteiger partial charge in [0.2, 0.25) is 21.9 Å². The second-order valence-electron chi connectivity index (χ2n) is 13.9. The maximum atomic E-state index is 14.6. The standard InChI is InChI=1S/C41H48N6O9S/c1-28-19-20-34(46-57(53,54)27-31-16-9-4-10-17-31)37(49)33(28)23-36(48)47(45-40(42)43)35(22-32-18-11-21-44-24-32)41(52,38(50)55-25-29-12-5-2-6-13-29)39(51)56-26-30-14-7-3-8-15-30/h2-10,12-17,19-20,32,35,44,46,49,52H,11,18,21-27H2,1H3,(H4,42,43,45)/t32-,35+/m1/s1. The number of nitrogens with two attached hydrogens (primary N) is 1. The second kappa shape index (κ2) is 19.3. The second-order valence-corrected chi connectivity index (χ2v) is 15.6. The number of guanidine groups is 1. The van der Waals surface area contributed by atoms with Gasteiger partial charge in [0.1, 0.15) is 25.0 Å². The number of esters is 2. The molecule has 1 aliphatic rings. The summed E-state index contributed by atoms with van der Waals surface area (Å²) in [6.07, 6.45) is 0.506. The number of sulfonamides is 1. The molecule has 4 aromatic carbocycles. The van der Waals surface area contributed by atoms with Crippen molar-refractivity contribution in [1.82, 2.24) is 15.8 Å². The highest BCUT2D eigenvalue weighted by Gasteiger charge is 2.58. The van der Waals surface area contributed by atoms with Crippen molar-refractivity contribution in [3.63, 3.8) is 0 Å². The van der Waals surface area contributed by atoms with E-state index in [1.54, 1.807) is 97.9 Å². The Bertz CT molecular complexity index is 2060. The summed E-state index contributed by atoms with van der Waals surface area (Å²) < 4.78 is 39.7. The molecule has 1 amide bonds. The predicted octanol–water partition coefficient (Wildman–Crippen LogP) is 3.39. The lowest BCUT2D eigenvalue weighted by Gasteiger charge is -2.41. The fourth-order valence-corrected chi connectivity index (χ4v) is 7.85. The van der Waals surface area contributed by atoms with Crippen LogP contribution in [0.2, 0.25) is 0 Å². The van der Waals surface area contributed by atoms with Crippen molar-refractivity contribution in [2.75, 3.05) is 17.8 Å². The Kier molecular flexibility index (Phi) is 14.2. The average Bonchev–Trinajstić information content (AvgIpc) is 3.20. The zero-order valence-corrected chi connectivity index (χ0v) is 32.3. The van der Waals surface area contributed by atoms with Gasteiger partial charge >= 0.3 is 11.9 Å². The van der Waals surface area contributed by atoms with E-state index in [-0.39, 0.29) is 42.6 Å². The number of aryl methyl sites for hydroxylation is 1. The molecule has 0 spiro atoms.